The molecule has 0 radical (unpaired) electrons. The van der Waals surface area contributed by atoms with E-state index in [2.05, 4.69) is 30.1 Å². The second-order valence-electron chi connectivity index (χ2n) is 6.43. The average molecular weight is 289 g/mol. The van der Waals surface area contributed by atoms with Crippen LogP contribution in [0.15, 0.2) is 18.2 Å². The summed E-state index contributed by atoms with van der Waals surface area (Å²) in [5.41, 5.74) is 3.19. The number of hydrogen-bond acceptors (Lipinski definition) is 2. The highest BCUT2D eigenvalue weighted by Crippen LogP contribution is 2.17. The van der Waals surface area contributed by atoms with E-state index in [1.165, 1.54) is 0 Å². The molecule has 1 fully saturated rings. The van der Waals surface area contributed by atoms with Crippen molar-refractivity contribution in [1.82, 2.24) is 9.80 Å². The third-order valence-corrected chi connectivity index (χ3v) is 3.92. The van der Waals surface area contributed by atoms with Crippen molar-refractivity contribution in [3.8, 4) is 0 Å². The molecule has 0 saturated carbocycles. The summed E-state index contributed by atoms with van der Waals surface area (Å²) in [6, 6.07) is 6.16. The van der Waals surface area contributed by atoms with Crippen LogP contribution in [0.4, 0.5) is 10.5 Å². The Hall–Kier alpha value is -1.55. The fourth-order valence-corrected chi connectivity index (χ4v) is 2.71. The van der Waals surface area contributed by atoms with Gasteiger partial charge >= 0.3 is 6.03 Å². The third kappa shape index (κ3) is 4.46. The largest absolute Gasteiger partial charge is 0.322 e. The van der Waals surface area contributed by atoms with Crippen LogP contribution in [0.25, 0.3) is 0 Å². The molecule has 1 aliphatic rings. The molecule has 4 heteroatoms. The first-order valence-electron chi connectivity index (χ1n) is 7.81. The van der Waals surface area contributed by atoms with Crippen molar-refractivity contribution in [2.24, 2.45) is 5.92 Å². The Kier molecular flexibility index (Phi) is 5.23. The van der Waals surface area contributed by atoms with E-state index in [4.69, 9.17) is 0 Å². The number of nitrogens with zero attached hydrogens (tertiary/aromatic N) is 2. The van der Waals surface area contributed by atoms with Crippen molar-refractivity contribution >= 4 is 11.7 Å². The monoisotopic (exact) mass is 289 g/mol. The van der Waals surface area contributed by atoms with Gasteiger partial charge in [0.25, 0.3) is 0 Å². The summed E-state index contributed by atoms with van der Waals surface area (Å²) >= 11 is 0. The number of nitrogens with one attached hydrogen (secondary N) is 1. The van der Waals surface area contributed by atoms with Gasteiger partial charge in [0.2, 0.25) is 0 Å². The second kappa shape index (κ2) is 6.94. The fraction of sp³-hybridized carbons (Fsp3) is 0.588. The maximum Gasteiger partial charge on any atom is 0.321 e. The summed E-state index contributed by atoms with van der Waals surface area (Å²) in [6.45, 7) is 13.2. The van der Waals surface area contributed by atoms with Crippen LogP contribution < -0.4 is 5.32 Å². The molecule has 0 aromatic heterocycles. The summed E-state index contributed by atoms with van der Waals surface area (Å²) in [4.78, 5) is 16.7. The molecule has 0 aliphatic carbocycles. The van der Waals surface area contributed by atoms with Crippen LogP contribution in [-0.4, -0.2) is 48.6 Å². The Balaban J connectivity index is 1.89. The summed E-state index contributed by atoms with van der Waals surface area (Å²) in [5.74, 6) is 0.681. The van der Waals surface area contributed by atoms with Gasteiger partial charge in [0.15, 0.2) is 0 Å². The minimum atomic E-state index is 0.0212. The van der Waals surface area contributed by atoms with Crippen molar-refractivity contribution in [3.63, 3.8) is 0 Å². The van der Waals surface area contributed by atoms with Crippen LogP contribution in [0.3, 0.4) is 0 Å². The molecule has 1 aromatic rings. The number of urea groups is 1. The van der Waals surface area contributed by atoms with Crippen LogP contribution >= 0.6 is 0 Å². The van der Waals surface area contributed by atoms with Gasteiger partial charge in [-0.2, -0.15) is 0 Å². The van der Waals surface area contributed by atoms with Crippen LogP contribution in [0.1, 0.15) is 25.0 Å². The molecule has 1 aromatic carbocycles. The maximum atomic E-state index is 12.4. The Morgan fingerprint density at radius 1 is 1.19 bits per heavy atom. The van der Waals surface area contributed by atoms with Crippen LogP contribution in [0, 0.1) is 19.8 Å². The number of hydrogen-bond donors (Lipinski definition) is 1. The minimum absolute atomic E-state index is 0.0212. The van der Waals surface area contributed by atoms with Gasteiger partial charge in [0.05, 0.1) is 0 Å². The number of benzene rings is 1. The van der Waals surface area contributed by atoms with Crippen molar-refractivity contribution in [2.45, 2.75) is 27.7 Å². The van der Waals surface area contributed by atoms with E-state index >= 15 is 0 Å². The van der Waals surface area contributed by atoms with E-state index in [1.54, 1.807) is 0 Å². The van der Waals surface area contributed by atoms with Crippen molar-refractivity contribution in [1.29, 1.82) is 0 Å². The van der Waals surface area contributed by atoms with Gasteiger partial charge in [-0.05, 0) is 37.0 Å². The fourth-order valence-electron chi connectivity index (χ4n) is 2.71. The number of piperazine rings is 1. The van der Waals surface area contributed by atoms with E-state index in [-0.39, 0.29) is 6.03 Å². The lowest BCUT2D eigenvalue weighted by atomic mass is 10.1. The molecule has 0 atom stereocenters. The molecule has 1 heterocycles. The zero-order chi connectivity index (χ0) is 15.4. The van der Waals surface area contributed by atoms with Crippen LogP contribution in [0.2, 0.25) is 0 Å². The van der Waals surface area contributed by atoms with Gasteiger partial charge in [-0.1, -0.05) is 26.0 Å². The summed E-state index contributed by atoms with van der Waals surface area (Å²) in [5, 5.41) is 3.04. The predicted molar refractivity (Wildman–Crippen MR) is 87.8 cm³/mol. The zero-order valence-electron chi connectivity index (χ0n) is 13.6. The first kappa shape index (κ1) is 15.8. The Morgan fingerprint density at radius 3 is 2.48 bits per heavy atom. The molecule has 2 amide bonds. The lowest BCUT2D eigenvalue weighted by Crippen LogP contribution is -2.50. The maximum absolute atomic E-state index is 12.4. The molecular weight excluding hydrogens is 262 g/mol. The van der Waals surface area contributed by atoms with E-state index in [9.17, 15) is 4.79 Å². The third-order valence-electron chi connectivity index (χ3n) is 3.92. The van der Waals surface area contributed by atoms with Crippen LogP contribution in [0.5, 0.6) is 0 Å². The average Bonchev–Trinajstić information content (AvgIpc) is 2.43. The predicted octanol–water partition coefficient (Wildman–Crippen LogP) is 3.11. The van der Waals surface area contributed by atoms with Gasteiger partial charge in [-0.3, -0.25) is 4.90 Å². The molecule has 116 valence electrons. The Morgan fingerprint density at radius 2 is 1.86 bits per heavy atom. The first-order chi connectivity index (χ1) is 9.95. The highest BCUT2D eigenvalue weighted by molar-refractivity contribution is 5.90. The van der Waals surface area contributed by atoms with Crippen LogP contribution in [-0.2, 0) is 0 Å². The topological polar surface area (TPSA) is 35.6 Å². The van der Waals surface area contributed by atoms with E-state index in [1.807, 2.05) is 30.9 Å². The summed E-state index contributed by atoms with van der Waals surface area (Å²) in [6.07, 6.45) is 0. The summed E-state index contributed by atoms with van der Waals surface area (Å²) < 4.78 is 0. The number of carbonyl (C=O) groups excluding carboxylic acids is 1. The Bertz CT molecular complexity index is 491. The Labute approximate surface area is 128 Å². The molecule has 2 rings (SSSR count). The van der Waals surface area contributed by atoms with Gasteiger partial charge < -0.3 is 10.2 Å². The van der Waals surface area contributed by atoms with Gasteiger partial charge in [-0.15, -0.1) is 0 Å². The number of amides is 2. The van der Waals surface area contributed by atoms with Crippen molar-refractivity contribution in [2.75, 3.05) is 38.0 Å². The van der Waals surface area contributed by atoms with Gasteiger partial charge in [0.1, 0.15) is 0 Å². The molecule has 4 nitrogen and oxygen atoms in total. The normalized spacial score (nSPS) is 16.3. The second-order valence-corrected chi connectivity index (χ2v) is 6.43. The van der Waals surface area contributed by atoms with Crippen molar-refractivity contribution < 1.29 is 4.79 Å². The first-order valence-corrected chi connectivity index (χ1v) is 7.81. The minimum Gasteiger partial charge on any atom is -0.322 e. The molecule has 21 heavy (non-hydrogen) atoms. The van der Waals surface area contributed by atoms with E-state index < -0.39 is 0 Å². The molecule has 0 unspecified atom stereocenters. The number of rotatable bonds is 3. The lowest BCUT2D eigenvalue weighted by Gasteiger charge is -2.35. The zero-order valence-corrected chi connectivity index (χ0v) is 13.6. The van der Waals surface area contributed by atoms with Gasteiger partial charge in [-0.25, -0.2) is 4.79 Å². The smallest absolute Gasteiger partial charge is 0.321 e. The molecule has 1 N–H and O–H groups in total. The molecule has 0 spiro atoms. The summed E-state index contributed by atoms with van der Waals surface area (Å²) in [7, 11) is 0. The van der Waals surface area contributed by atoms with Gasteiger partial charge in [0, 0.05) is 38.4 Å². The lowest BCUT2D eigenvalue weighted by molar-refractivity contribution is 0.138. The van der Waals surface area contributed by atoms with E-state index in [0.717, 1.165) is 49.5 Å². The van der Waals surface area contributed by atoms with Crippen molar-refractivity contribution in [3.05, 3.63) is 29.3 Å². The molecular formula is C17H27N3O. The SMILES string of the molecule is Cc1ccc(C)c(NC(=O)N2CCN(CC(C)C)CC2)c1. The molecule has 1 aliphatic heterocycles. The standard InChI is InChI=1S/C17H27N3O/c1-13(2)12-19-7-9-20(10-8-19)17(21)18-16-11-14(3)5-6-15(16)4/h5-6,11,13H,7-10,12H2,1-4H3,(H,18,21). The number of carbonyl (C=O) groups is 1. The van der Waals surface area contributed by atoms with E-state index in [0.29, 0.717) is 5.92 Å². The highest BCUT2D eigenvalue weighted by atomic mass is 16.2. The molecule has 1 saturated heterocycles. The number of anilines is 1. The number of aryl methyl sites for hydroxylation is 2. The quantitative estimate of drug-likeness (QED) is 0.928. The highest BCUT2D eigenvalue weighted by Gasteiger charge is 2.21. The molecule has 0 bridgehead atoms.